The van der Waals surface area contributed by atoms with Gasteiger partial charge in [-0.25, -0.2) is 0 Å². The average molecular weight is 256 g/mol. The highest BCUT2D eigenvalue weighted by Gasteiger charge is 2.23. The zero-order valence-electron chi connectivity index (χ0n) is 10.3. The monoisotopic (exact) mass is 256 g/mol. The molecule has 0 radical (unpaired) electrons. The van der Waals surface area contributed by atoms with Gasteiger partial charge in [-0.1, -0.05) is 24.3 Å². The highest BCUT2D eigenvalue weighted by molar-refractivity contribution is 7.99. The Morgan fingerprint density at radius 3 is 3.00 bits per heavy atom. The van der Waals surface area contributed by atoms with E-state index >= 15 is 0 Å². The molecule has 2 nitrogen and oxygen atoms in total. The van der Waals surface area contributed by atoms with Crippen molar-refractivity contribution in [3.8, 4) is 0 Å². The smallest absolute Gasteiger partial charge is 0.0431 e. The lowest BCUT2D eigenvalue weighted by molar-refractivity contribution is 0.500. The molecular weight excluding hydrogens is 240 g/mol. The van der Waals surface area contributed by atoms with E-state index in [0.717, 1.165) is 5.75 Å². The highest BCUT2D eigenvalue weighted by atomic mass is 32.2. The number of pyridine rings is 1. The number of rotatable bonds is 3. The number of hydrogen-bond acceptors (Lipinski definition) is 3. The Morgan fingerprint density at radius 2 is 2.17 bits per heavy atom. The molecule has 2 heterocycles. The average Bonchev–Trinajstić information content (AvgIpc) is 2.83. The maximum Gasteiger partial charge on any atom is 0.0431 e. The van der Waals surface area contributed by atoms with E-state index in [4.69, 9.17) is 0 Å². The van der Waals surface area contributed by atoms with Crippen LogP contribution in [0.25, 0.3) is 0 Å². The quantitative estimate of drug-likeness (QED) is 0.908. The van der Waals surface area contributed by atoms with Gasteiger partial charge in [-0.15, -0.1) is 11.8 Å². The van der Waals surface area contributed by atoms with Crippen molar-refractivity contribution in [2.75, 3.05) is 5.75 Å². The lowest BCUT2D eigenvalue weighted by atomic mass is 10.1. The summed E-state index contributed by atoms with van der Waals surface area (Å²) in [6.45, 7) is 2.20. The summed E-state index contributed by atoms with van der Waals surface area (Å²) in [5, 5.41) is 3.69. The van der Waals surface area contributed by atoms with E-state index in [1.54, 1.807) is 0 Å². The first-order chi connectivity index (χ1) is 8.84. The molecular formula is C15H16N2S. The second-order valence-electron chi connectivity index (χ2n) is 4.58. The van der Waals surface area contributed by atoms with Crippen molar-refractivity contribution in [1.82, 2.24) is 10.3 Å². The third kappa shape index (κ3) is 2.28. The first kappa shape index (κ1) is 11.8. The maximum absolute atomic E-state index is 4.18. The second-order valence-corrected chi connectivity index (χ2v) is 5.64. The van der Waals surface area contributed by atoms with Crippen LogP contribution in [-0.4, -0.2) is 10.7 Å². The predicted molar refractivity (Wildman–Crippen MR) is 75.7 cm³/mol. The molecule has 92 valence electrons. The van der Waals surface area contributed by atoms with E-state index in [9.17, 15) is 0 Å². The third-order valence-corrected chi connectivity index (χ3v) is 4.52. The molecule has 1 unspecified atom stereocenters. The summed E-state index contributed by atoms with van der Waals surface area (Å²) in [6.07, 6.45) is 3.75. The molecule has 0 saturated carbocycles. The third-order valence-electron chi connectivity index (χ3n) is 3.34. The molecule has 3 heteroatoms. The molecule has 0 spiro atoms. The topological polar surface area (TPSA) is 24.9 Å². The van der Waals surface area contributed by atoms with E-state index in [2.05, 4.69) is 47.6 Å². The van der Waals surface area contributed by atoms with Crippen LogP contribution < -0.4 is 5.32 Å². The molecule has 0 saturated heterocycles. The van der Waals surface area contributed by atoms with Crippen molar-refractivity contribution in [1.29, 1.82) is 0 Å². The van der Waals surface area contributed by atoms with Gasteiger partial charge in [-0.3, -0.25) is 4.98 Å². The Bertz CT molecular complexity index is 527. The van der Waals surface area contributed by atoms with Gasteiger partial charge >= 0.3 is 0 Å². The van der Waals surface area contributed by atoms with E-state index in [1.165, 1.54) is 16.0 Å². The molecule has 1 aliphatic heterocycles. The molecule has 1 aliphatic rings. The van der Waals surface area contributed by atoms with Crippen LogP contribution in [0.1, 0.15) is 30.1 Å². The van der Waals surface area contributed by atoms with Crippen LogP contribution in [0.4, 0.5) is 0 Å². The van der Waals surface area contributed by atoms with Crippen molar-refractivity contribution >= 4 is 11.8 Å². The first-order valence-corrected chi connectivity index (χ1v) is 7.21. The number of nitrogens with zero attached hydrogens (tertiary/aromatic N) is 1. The molecule has 0 aliphatic carbocycles. The molecule has 0 bridgehead atoms. The van der Waals surface area contributed by atoms with Crippen molar-refractivity contribution in [2.45, 2.75) is 23.9 Å². The van der Waals surface area contributed by atoms with Gasteiger partial charge in [-0.05, 0) is 30.2 Å². The van der Waals surface area contributed by atoms with Gasteiger partial charge in [0.25, 0.3) is 0 Å². The Balaban J connectivity index is 1.75. The number of benzene rings is 1. The molecule has 0 fully saturated rings. The van der Waals surface area contributed by atoms with Crippen LogP contribution in [0.5, 0.6) is 0 Å². The Kier molecular flexibility index (Phi) is 3.35. The Morgan fingerprint density at radius 1 is 1.28 bits per heavy atom. The van der Waals surface area contributed by atoms with E-state index < -0.39 is 0 Å². The summed E-state index contributed by atoms with van der Waals surface area (Å²) < 4.78 is 0. The molecule has 18 heavy (non-hydrogen) atoms. The van der Waals surface area contributed by atoms with Crippen molar-refractivity contribution in [3.05, 3.63) is 59.9 Å². The molecule has 1 aromatic carbocycles. The van der Waals surface area contributed by atoms with Crippen LogP contribution in [0.2, 0.25) is 0 Å². The number of fused-ring (bicyclic) bond motifs is 1. The van der Waals surface area contributed by atoms with E-state index in [0.29, 0.717) is 12.1 Å². The summed E-state index contributed by atoms with van der Waals surface area (Å²) in [4.78, 5) is 5.59. The molecule has 0 amide bonds. The fourth-order valence-corrected chi connectivity index (χ4v) is 3.50. The number of nitrogens with one attached hydrogen (secondary N) is 1. The van der Waals surface area contributed by atoms with Crippen LogP contribution in [0.15, 0.2) is 53.7 Å². The fraction of sp³-hybridized carbons (Fsp3) is 0.267. The maximum atomic E-state index is 4.18. The summed E-state index contributed by atoms with van der Waals surface area (Å²) in [6, 6.07) is 13.5. The van der Waals surface area contributed by atoms with Crippen LogP contribution in [-0.2, 0) is 0 Å². The molecule has 1 N–H and O–H groups in total. The molecule has 1 aromatic heterocycles. The zero-order valence-corrected chi connectivity index (χ0v) is 11.2. The van der Waals surface area contributed by atoms with Gasteiger partial charge < -0.3 is 5.32 Å². The number of hydrogen-bond donors (Lipinski definition) is 1. The van der Waals surface area contributed by atoms with Gasteiger partial charge in [0, 0.05) is 35.1 Å². The van der Waals surface area contributed by atoms with Crippen LogP contribution in [0.3, 0.4) is 0 Å². The Labute approximate surface area is 112 Å². The van der Waals surface area contributed by atoms with Gasteiger partial charge in [0.05, 0.1) is 0 Å². The minimum Gasteiger partial charge on any atom is -0.302 e. The minimum atomic E-state index is 0.329. The highest BCUT2D eigenvalue weighted by Crippen LogP contribution is 2.38. The Hall–Kier alpha value is -1.32. The second kappa shape index (κ2) is 5.12. The lowest BCUT2D eigenvalue weighted by Gasteiger charge is -2.19. The molecule has 2 aromatic rings. The summed E-state index contributed by atoms with van der Waals surface area (Å²) in [7, 11) is 0. The first-order valence-electron chi connectivity index (χ1n) is 6.22. The van der Waals surface area contributed by atoms with Gasteiger partial charge in [0.2, 0.25) is 0 Å². The number of thioether (sulfide) groups is 1. The van der Waals surface area contributed by atoms with Gasteiger partial charge in [0.1, 0.15) is 0 Å². The normalized spacial score (nSPS) is 19.5. The van der Waals surface area contributed by atoms with Crippen LogP contribution >= 0.6 is 11.8 Å². The largest absolute Gasteiger partial charge is 0.302 e. The van der Waals surface area contributed by atoms with E-state index in [-0.39, 0.29) is 0 Å². The molecule has 2 atom stereocenters. The zero-order chi connectivity index (χ0) is 12.4. The SMILES string of the molecule is C[C@@H](NC1CSc2ccccc21)c1cccnc1. The summed E-state index contributed by atoms with van der Waals surface area (Å²) in [5.74, 6) is 1.12. The molecule has 3 rings (SSSR count). The summed E-state index contributed by atoms with van der Waals surface area (Å²) >= 11 is 1.94. The van der Waals surface area contributed by atoms with Gasteiger partial charge in [-0.2, -0.15) is 0 Å². The van der Waals surface area contributed by atoms with Gasteiger partial charge in [0.15, 0.2) is 0 Å². The minimum absolute atomic E-state index is 0.329. The van der Waals surface area contributed by atoms with Crippen molar-refractivity contribution in [3.63, 3.8) is 0 Å². The van der Waals surface area contributed by atoms with Crippen LogP contribution in [0, 0.1) is 0 Å². The number of aromatic nitrogens is 1. The van der Waals surface area contributed by atoms with E-state index in [1.807, 2.05) is 30.2 Å². The fourth-order valence-electron chi connectivity index (χ4n) is 2.33. The standard InChI is InChI=1S/C15H16N2S/c1-11(12-5-4-8-16-9-12)17-14-10-18-15-7-3-2-6-13(14)15/h2-9,11,14,17H,10H2,1H3/t11-,14?/m1/s1. The predicted octanol–water partition coefficient (Wildman–Crippen LogP) is 3.58. The lowest BCUT2D eigenvalue weighted by Crippen LogP contribution is -2.24. The van der Waals surface area contributed by atoms with Crippen molar-refractivity contribution in [2.24, 2.45) is 0 Å². The summed E-state index contributed by atoms with van der Waals surface area (Å²) in [5.41, 5.74) is 2.67. The van der Waals surface area contributed by atoms with Crippen molar-refractivity contribution < 1.29 is 0 Å².